The monoisotopic (exact) mass is 234 g/mol. The number of nitrogens with zero attached hydrogens (tertiary/aromatic N) is 1. The van der Waals surface area contributed by atoms with Gasteiger partial charge in [-0.25, -0.2) is 4.79 Å². The molecule has 1 aromatic heterocycles. The molecule has 0 aromatic carbocycles. The zero-order chi connectivity index (χ0) is 11.8. The van der Waals surface area contributed by atoms with Gasteiger partial charge >= 0.3 is 5.63 Å². The zero-order valence-corrected chi connectivity index (χ0v) is 9.39. The molecule has 1 N–H and O–H groups in total. The minimum atomic E-state index is -0.427. The van der Waals surface area contributed by atoms with Crippen LogP contribution in [0.1, 0.15) is 10.4 Å². The normalized spacial score (nSPS) is 27.2. The van der Waals surface area contributed by atoms with Gasteiger partial charge < -0.3 is 14.6 Å². The summed E-state index contributed by atoms with van der Waals surface area (Å²) in [4.78, 5) is 24.8. The van der Waals surface area contributed by atoms with Crippen LogP contribution in [-0.2, 0) is 0 Å². The lowest BCUT2D eigenvalue weighted by Crippen LogP contribution is -2.31. The summed E-state index contributed by atoms with van der Waals surface area (Å²) in [5.41, 5.74) is 0.0292. The van der Waals surface area contributed by atoms with Crippen LogP contribution >= 0.6 is 0 Å². The largest absolute Gasteiger partial charge is 0.430 e. The van der Waals surface area contributed by atoms with E-state index in [0.717, 1.165) is 26.2 Å². The second-order valence-electron chi connectivity index (χ2n) is 4.73. The number of hydrogen-bond acceptors (Lipinski definition) is 4. The second kappa shape index (κ2) is 4.00. The molecule has 2 fully saturated rings. The third-order valence-electron chi connectivity index (χ3n) is 3.62. The Morgan fingerprint density at radius 2 is 2.00 bits per heavy atom. The molecule has 2 aliphatic heterocycles. The predicted octanol–water partition coefficient (Wildman–Crippen LogP) is -0.0688. The number of likely N-dealkylation sites (tertiary alicyclic amines) is 1. The fourth-order valence-electron chi connectivity index (χ4n) is 2.68. The van der Waals surface area contributed by atoms with Crippen LogP contribution in [0.25, 0.3) is 0 Å². The molecule has 3 heterocycles. The fraction of sp³-hybridized carbons (Fsp3) is 0.500. The van der Waals surface area contributed by atoms with Crippen LogP contribution in [0, 0.1) is 11.8 Å². The fourth-order valence-corrected chi connectivity index (χ4v) is 2.68. The van der Waals surface area contributed by atoms with E-state index in [2.05, 4.69) is 5.32 Å². The van der Waals surface area contributed by atoms with Crippen molar-refractivity contribution in [3.05, 3.63) is 34.4 Å². The molecule has 5 nitrogen and oxygen atoms in total. The molecule has 3 rings (SSSR count). The highest BCUT2D eigenvalue weighted by Crippen LogP contribution is 2.27. The highest BCUT2D eigenvalue weighted by atomic mass is 16.4. The van der Waals surface area contributed by atoms with Crippen molar-refractivity contribution in [3.63, 3.8) is 0 Å². The van der Waals surface area contributed by atoms with Crippen LogP contribution in [-0.4, -0.2) is 37.0 Å². The Kier molecular flexibility index (Phi) is 2.48. The number of fused-ring (bicyclic) bond motifs is 1. The van der Waals surface area contributed by atoms with Crippen molar-refractivity contribution in [1.82, 2.24) is 10.2 Å². The van der Waals surface area contributed by atoms with Crippen molar-refractivity contribution in [2.45, 2.75) is 0 Å². The first-order chi connectivity index (χ1) is 8.24. The van der Waals surface area contributed by atoms with Crippen molar-refractivity contribution >= 4 is 5.91 Å². The molecule has 90 valence electrons. The molecular formula is C12H14N2O3. The van der Waals surface area contributed by atoms with Crippen LogP contribution in [0.3, 0.4) is 0 Å². The molecule has 2 aliphatic rings. The van der Waals surface area contributed by atoms with Crippen molar-refractivity contribution in [3.8, 4) is 0 Å². The topological polar surface area (TPSA) is 62.6 Å². The van der Waals surface area contributed by atoms with Gasteiger partial charge in [0.15, 0.2) is 0 Å². The van der Waals surface area contributed by atoms with Gasteiger partial charge in [0.1, 0.15) is 6.26 Å². The molecule has 0 saturated carbocycles. The van der Waals surface area contributed by atoms with E-state index in [1.807, 2.05) is 4.90 Å². The van der Waals surface area contributed by atoms with Gasteiger partial charge in [-0.05, 0) is 17.9 Å². The van der Waals surface area contributed by atoms with Gasteiger partial charge in [0.05, 0.1) is 5.56 Å². The highest BCUT2D eigenvalue weighted by molar-refractivity contribution is 5.93. The van der Waals surface area contributed by atoms with E-state index in [1.54, 1.807) is 0 Å². The summed E-state index contributed by atoms with van der Waals surface area (Å²) in [5, 5.41) is 3.33. The van der Waals surface area contributed by atoms with E-state index in [-0.39, 0.29) is 5.91 Å². The van der Waals surface area contributed by atoms with Crippen LogP contribution in [0.5, 0.6) is 0 Å². The first kappa shape index (κ1) is 10.5. The van der Waals surface area contributed by atoms with Crippen LogP contribution in [0.2, 0.25) is 0 Å². The van der Waals surface area contributed by atoms with Gasteiger partial charge in [0.2, 0.25) is 0 Å². The number of hydrogen-bond donors (Lipinski definition) is 1. The van der Waals surface area contributed by atoms with Crippen LogP contribution in [0.15, 0.2) is 27.6 Å². The average molecular weight is 234 g/mol. The van der Waals surface area contributed by atoms with E-state index >= 15 is 0 Å². The maximum atomic E-state index is 12.1. The van der Waals surface area contributed by atoms with E-state index in [1.165, 1.54) is 18.4 Å². The summed E-state index contributed by atoms with van der Waals surface area (Å²) < 4.78 is 4.72. The van der Waals surface area contributed by atoms with Crippen LogP contribution in [0.4, 0.5) is 0 Å². The highest BCUT2D eigenvalue weighted by Gasteiger charge is 2.38. The smallest absolute Gasteiger partial charge is 0.335 e. The van der Waals surface area contributed by atoms with Gasteiger partial charge in [0, 0.05) is 32.2 Å². The molecule has 0 bridgehead atoms. The number of nitrogens with one attached hydrogen (secondary N) is 1. The molecule has 0 radical (unpaired) electrons. The average Bonchev–Trinajstić information content (AvgIpc) is 2.89. The molecule has 2 atom stereocenters. The Bertz CT molecular complexity index is 464. The lowest BCUT2D eigenvalue weighted by Gasteiger charge is -2.16. The molecule has 5 heteroatoms. The molecule has 0 spiro atoms. The predicted molar refractivity (Wildman–Crippen MR) is 60.7 cm³/mol. The van der Waals surface area contributed by atoms with Gasteiger partial charge in [-0.3, -0.25) is 4.79 Å². The van der Waals surface area contributed by atoms with Gasteiger partial charge in [0.25, 0.3) is 5.91 Å². The lowest BCUT2D eigenvalue weighted by atomic mass is 10.0. The summed E-state index contributed by atoms with van der Waals surface area (Å²) in [7, 11) is 0. The van der Waals surface area contributed by atoms with Crippen molar-refractivity contribution in [2.24, 2.45) is 11.8 Å². The van der Waals surface area contributed by atoms with E-state index in [0.29, 0.717) is 17.4 Å². The van der Waals surface area contributed by atoms with Crippen LogP contribution < -0.4 is 10.9 Å². The van der Waals surface area contributed by atoms with Crippen molar-refractivity contribution < 1.29 is 9.21 Å². The number of amides is 1. The van der Waals surface area contributed by atoms with Crippen molar-refractivity contribution in [2.75, 3.05) is 26.2 Å². The first-order valence-electron chi connectivity index (χ1n) is 5.83. The molecule has 1 aromatic rings. The molecule has 2 saturated heterocycles. The number of carbonyl (C=O) groups excluding carboxylic acids is 1. The zero-order valence-electron chi connectivity index (χ0n) is 9.39. The van der Waals surface area contributed by atoms with E-state index in [9.17, 15) is 9.59 Å². The molecule has 0 aliphatic carbocycles. The maximum absolute atomic E-state index is 12.1. The standard InChI is InChI=1S/C12H14N2O3/c15-11-2-1-8(7-17-11)12(16)14-5-9-3-13-4-10(9)6-14/h1-2,7,9-10,13H,3-6H2. The minimum absolute atomic E-state index is 0.0387. The number of rotatable bonds is 1. The summed E-state index contributed by atoms with van der Waals surface area (Å²) >= 11 is 0. The molecule has 2 unspecified atom stereocenters. The summed E-state index contributed by atoms with van der Waals surface area (Å²) in [6.07, 6.45) is 1.25. The Morgan fingerprint density at radius 3 is 2.59 bits per heavy atom. The van der Waals surface area contributed by atoms with Gasteiger partial charge in [-0.2, -0.15) is 0 Å². The minimum Gasteiger partial charge on any atom is -0.430 e. The Balaban J connectivity index is 1.75. The lowest BCUT2D eigenvalue weighted by molar-refractivity contribution is 0.0779. The maximum Gasteiger partial charge on any atom is 0.335 e. The Labute approximate surface area is 98.4 Å². The number of carbonyl (C=O) groups is 1. The summed E-state index contributed by atoms with van der Waals surface area (Å²) in [5.74, 6) is 1.12. The quantitative estimate of drug-likeness (QED) is 0.739. The summed E-state index contributed by atoms with van der Waals surface area (Å²) in [6.45, 7) is 3.60. The third kappa shape index (κ3) is 1.86. The van der Waals surface area contributed by atoms with Gasteiger partial charge in [-0.15, -0.1) is 0 Å². The SMILES string of the molecule is O=C(c1ccc(=O)oc1)N1CC2CNCC2C1. The first-order valence-corrected chi connectivity index (χ1v) is 5.83. The molecule has 1 amide bonds. The second-order valence-corrected chi connectivity index (χ2v) is 4.73. The van der Waals surface area contributed by atoms with E-state index in [4.69, 9.17) is 4.42 Å². The molecule has 17 heavy (non-hydrogen) atoms. The molecular weight excluding hydrogens is 220 g/mol. The Hall–Kier alpha value is -1.62. The Morgan fingerprint density at radius 1 is 1.29 bits per heavy atom. The summed E-state index contributed by atoms with van der Waals surface area (Å²) in [6, 6.07) is 2.81. The van der Waals surface area contributed by atoms with Gasteiger partial charge in [-0.1, -0.05) is 0 Å². The van der Waals surface area contributed by atoms with E-state index < -0.39 is 5.63 Å². The van der Waals surface area contributed by atoms with Crippen molar-refractivity contribution in [1.29, 1.82) is 0 Å². The third-order valence-corrected chi connectivity index (χ3v) is 3.62.